The molecule has 0 saturated carbocycles. The first-order valence-electron chi connectivity index (χ1n) is 9.99. The Hall–Kier alpha value is -2.62. The van der Waals surface area contributed by atoms with Gasteiger partial charge in [0.25, 0.3) is 0 Å². The van der Waals surface area contributed by atoms with Crippen molar-refractivity contribution in [3.8, 4) is 5.75 Å². The predicted octanol–water partition coefficient (Wildman–Crippen LogP) is 2.40. The van der Waals surface area contributed by atoms with Crippen LogP contribution in [-0.2, 0) is 22.9 Å². The first-order chi connectivity index (χ1) is 14.6. The van der Waals surface area contributed by atoms with Gasteiger partial charge in [0, 0.05) is 25.5 Å². The molecule has 3 aromatic rings. The van der Waals surface area contributed by atoms with E-state index >= 15 is 0 Å². The standard InChI is InChI=1S/C20H20ClN5O4/c1-25-14-8-22-19(23-13-6-10-2-4-28-16(10)7-12(13)21)24-17(14)26(20(25)27)15-9-30-18-11(15)3-5-29-18/h6-8,11,15,18H,2-5,9H2,1H3,(H,22,23,24). The molecule has 3 atom stereocenters. The van der Waals surface area contributed by atoms with E-state index in [-0.39, 0.29) is 23.9 Å². The van der Waals surface area contributed by atoms with Crippen LogP contribution in [0.1, 0.15) is 18.0 Å². The number of aromatic nitrogens is 4. The van der Waals surface area contributed by atoms with Crippen LogP contribution >= 0.6 is 11.6 Å². The lowest BCUT2D eigenvalue weighted by atomic mass is 10.0. The number of aryl methyl sites for hydroxylation is 1. The van der Waals surface area contributed by atoms with E-state index in [0.29, 0.717) is 47.6 Å². The van der Waals surface area contributed by atoms with Crippen molar-refractivity contribution in [2.45, 2.75) is 25.2 Å². The normalized spacial score (nSPS) is 24.8. The van der Waals surface area contributed by atoms with Crippen molar-refractivity contribution in [2.24, 2.45) is 13.0 Å². The van der Waals surface area contributed by atoms with Crippen LogP contribution in [0, 0.1) is 5.92 Å². The molecule has 1 N–H and O–H groups in total. The summed E-state index contributed by atoms with van der Waals surface area (Å²) in [5, 5.41) is 3.72. The van der Waals surface area contributed by atoms with Gasteiger partial charge in [-0.1, -0.05) is 11.6 Å². The number of nitrogens with zero attached hydrogens (tertiary/aromatic N) is 4. The molecule has 1 aromatic carbocycles. The average Bonchev–Trinajstić information content (AvgIpc) is 3.49. The number of hydrogen-bond acceptors (Lipinski definition) is 7. The van der Waals surface area contributed by atoms with E-state index in [9.17, 15) is 4.79 Å². The van der Waals surface area contributed by atoms with Crippen molar-refractivity contribution >= 4 is 34.4 Å². The number of fused-ring (bicyclic) bond motifs is 3. The molecule has 0 amide bonds. The summed E-state index contributed by atoms with van der Waals surface area (Å²) < 4.78 is 20.2. The number of rotatable bonds is 3. The first kappa shape index (κ1) is 18.2. The van der Waals surface area contributed by atoms with Gasteiger partial charge in [-0.3, -0.25) is 9.13 Å². The summed E-state index contributed by atoms with van der Waals surface area (Å²) in [6.07, 6.45) is 3.11. The Kier molecular flexibility index (Phi) is 4.06. The van der Waals surface area contributed by atoms with Gasteiger partial charge in [0.2, 0.25) is 5.95 Å². The minimum absolute atomic E-state index is 0.114. The molecule has 2 aromatic heterocycles. The zero-order chi connectivity index (χ0) is 20.4. The summed E-state index contributed by atoms with van der Waals surface area (Å²) in [5.74, 6) is 1.33. The fraction of sp³-hybridized carbons (Fsp3) is 0.450. The Bertz CT molecular complexity index is 1220. The van der Waals surface area contributed by atoms with Crippen molar-refractivity contribution < 1.29 is 14.2 Å². The molecule has 6 rings (SSSR count). The van der Waals surface area contributed by atoms with Gasteiger partial charge in [-0.25, -0.2) is 9.78 Å². The molecular formula is C20H20ClN5O4. The van der Waals surface area contributed by atoms with Gasteiger partial charge in [0.05, 0.1) is 42.8 Å². The molecule has 0 bridgehead atoms. The second kappa shape index (κ2) is 6.69. The van der Waals surface area contributed by atoms with E-state index in [1.807, 2.05) is 6.07 Å². The molecule has 2 fully saturated rings. The highest BCUT2D eigenvalue weighted by Gasteiger charge is 2.44. The van der Waals surface area contributed by atoms with Crippen LogP contribution in [0.15, 0.2) is 23.1 Å². The Labute approximate surface area is 176 Å². The molecule has 5 heterocycles. The summed E-state index contributed by atoms with van der Waals surface area (Å²) in [7, 11) is 1.73. The molecule has 156 valence electrons. The Morgan fingerprint density at radius 1 is 1.27 bits per heavy atom. The number of benzene rings is 1. The Morgan fingerprint density at radius 2 is 2.17 bits per heavy atom. The number of ether oxygens (including phenoxy) is 3. The third-order valence-corrected chi connectivity index (χ3v) is 6.51. The molecule has 3 aliphatic heterocycles. The summed E-state index contributed by atoms with van der Waals surface area (Å²) >= 11 is 6.41. The van der Waals surface area contributed by atoms with Crippen LogP contribution in [0.4, 0.5) is 11.6 Å². The van der Waals surface area contributed by atoms with Crippen molar-refractivity contribution in [2.75, 3.05) is 25.1 Å². The lowest BCUT2D eigenvalue weighted by Gasteiger charge is -2.16. The quantitative estimate of drug-likeness (QED) is 0.683. The molecule has 0 radical (unpaired) electrons. The third kappa shape index (κ3) is 2.65. The molecule has 3 aliphatic rings. The molecule has 0 aliphatic carbocycles. The fourth-order valence-electron chi connectivity index (χ4n) is 4.62. The van der Waals surface area contributed by atoms with Crippen molar-refractivity contribution in [3.63, 3.8) is 0 Å². The van der Waals surface area contributed by atoms with Gasteiger partial charge in [-0.2, -0.15) is 4.98 Å². The number of hydrogen-bond donors (Lipinski definition) is 1. The third-order valence-electron chi connectivity index (χ3n) is 6.20. The van der Waals surface area contributed by atoms with Crippen LogP contribution in [0.2, 0.25) is 5.02 Å². The van der Waals surface area contributed by atoms with Crippen LogP contribution in [0.25, 0.3) is 11.2 Å². The maximum atomic E-state index is 13.0. The summed E-state index contributed by atoms with van der Waals surface area (Å²) in [4.78, 5) is 22.1. The zero-order valence-corrected chi connectivity index (χ0v) is 17.1. The van der Waals surface area contributed by atoms with E-state index in [1.165, 1.54) is 0 Å². The highest BCUT2D eigenvalue weighted by molar-refractivity contribution is 6.33. The maximum absolute atomic E-state index is 13.0. The van der Waals surface area contributed by atoms with E-state index in [1.54, 1.807) is 28.4 Å². The molecule has 3 unspecified atom stereocenters. The van der Waals surface area contributed by atoms with Gasteiger partial charge < -0.3 is 19.5 Å². The summed E-state index contributed by atoms with van der Waals surface area (Å²) in [5.41, 5.74) is 2.90. The summed E-state index contributed by atoms with van der Waals surface area (Å²) in [6.45, 7) is 1.73. The van der Waals surface area contributed by atoms with Gasteiger partial charge in [-0.15, -0.1) is 0 Å². The largest absolute Gasteiger partial charge is 0.493 e. The number of halogens is 1. The molecule has 9 nitrogen and oxygen atoms in total. The molecular weight excluding hydrogens is 410 g/mol. The number of imidazole rings is 1. The van der Waals surface area contributed by atoms with E-state index < -0.39 is 0 Å². The highest BCUT2D eigenvalue weighted by Crippen LogP contribution is 2.39. The van der Waals surface area contributed by atoms with Crippen molar-refractivity contribution in [3.05, 3.63) is 39.4 Å². The zero-order valence-electron chi connectivity index (χ0n) is 16.3. The van der Waals surface area contributed by atoms with Crippen LogP contribution in [0.3, 0.4) is 0 Å². The highest BCUT2D eigenvalue weighted by atomic mass is 35.5. The van der Waals surface area contributed by atoms with Gasteiger partial charge >= 0.3 is 5.69 Å². The van der Waals surface area contributed by atoms with Gasteiger partial charge in [-0.05, 0) is 18.1 Å². The second-order valence-electron chi connectivity index (χ2n) is 7.87. The van der Waals surface area contributed by atoms with Gasteiger partial charge in [0.1, 0.15) is 11.3 Å². The van der Waals surface area contributed by atoms with Crippen molar-refractivity contribution in [1.82, 2.24) is 19.1 Å². The fourth-order valence-corrected chi connectivity index (χ4v) is 4.82. The minimum Gasteiger partial charge on any atom is -0.493 e. The van der Waals surface area contributed by atoms with E-state index in [2.05, 4.69) is 15.3 Å². The topological polar surface area (TPSA) is 92.4 Å². The van der Waals surface area contributed by atoms with Crippen LogP contribution < -0.4 is 15.7 Å². The average molecular weight is 430 g/mol. The van der Waals surface area contributed by atoms with Crippen LogP contribution in [-0.4, -0.2) is 45.2 Å². The lowest BCUT2D eigenvalue weighted by Crippen LogP contribution is -2.30. The van der Waals surface area contributed by atoms with Gasteiger partial charge in [0.15, 0.2) is 11.9 Å². The monoisotopic (exact) mass is 429 g/mol. The predicted molar refractivity (Wildman–Crippen MR) is 110 cm³/mol. The second-order valence-corrected chi connectivity index (χ2v) is 8.28. The maximum Gasteiger partial charge on any atom is 0.330 e. The minimum atomic E-state index is -0.246. The molecule has 2 saturated heterocycles. The Morgan fingerprint density at radius 3 is 3.07 bits per heavy atom. The van der Waals surface area contributed by atoms with Crippen molar-refractivity contribution in [1.29, 1.82) is 0 Å². The number of nitrogens with one attached hydrogen (secondary N) is 1. The van der Waals surface area contributed by atoms with E-state index in [4.69, 9.17) is 25.8 Å². The van der Waals surface area contributed by atoms with E-state index in [0.717, 1.165) is 24.2 Å². The van der Waals surface area contributed by atoms with Crippen LogP contribution in [0.5, 0.6) is 5.75 Å². The molecule has 10 heteroatoms. The SMILES string of the molecule is Cn1c(=O)n(C2COC3OCCC32)c2nc(Nc3cc4c(cc3Cl)OCC4)ncc21. The summed E-state index contributed by atoms with van der Waals surface area (Å²) in [6, 6.07) is 3.65. The Balaban J connectivity index is 1.41. The lowest BCUT2D eigenvalue weighted by molar-refractivity contribution is -0.0905. The smallest absolute Gasteiger partial charge is 0.330 e. The first-order valence-corrected chi connectivity index (χ1v) is 10.4. The molecule has 30 heavy (non-hydrogen) atoms. The molecule has 0 spiro atoms. The number of anilines is 2.